The molecule has 118 valence electrons. The van der Waals surface area contributed by atoms with E-state index in [-0.39, 0.29) is 5.41 Å². The molecule has 0 aromatic heterocycles. The number of halogens is 2. The van der Waals surface area contributed by atoms with Crippen molar-refractivity contribution in [2.24, 2.45) is 5.41 Å². The predicted octanol–water partition coefficient (Wildman–Crippen LogP) is 5.86. The average Bonchev–Trinajstić information content (AvgIpc) is 2.44. The summed E-state index contributed by atoms with van der Waals surface area (Å²) in [5.74, 6) is -0.954. The molecule has 0 bridgehead atoms. The first-order chi connectivity index (χ1) is 10.4. The van der Waals surface area contributed by atoms with Gasteiger partial charge < -0.3 is 0 Å². The smallest absolute Gasteiger partial charge is 0.129 e. The zero-order valence-electron chi connectivity index (χ0n) is 13.6. The molecule has 0 N–H and O–H groups in total. The molecule has 0 radical (unpaired) electrons. The molecule has 0 fully saturated rings. The Labute approximate surface area is 132 Å². The van der Waals surface area contributed by atoms with Crippen LogP contribution in [0.5, 0.6) is 0 Å². The Morgan fingerprint density at radius 3 is 2.27 bits per heavy atom. The summed E-state index contributed by atoms with van der Waals surface area (Å²) in [5, 5.41) is 0. The first-order valence-corrected chi connectivity index (χ1v) is 7.85. The van der Waals surface area contributed by atoms with Crippen LogP contribution in [0.4, 0.5) is 8.78 Å². The third-order valence-corrected chi connectivity index (χ3v) is 4.12. The third-order valence-electron chi connectivity index (χ3n) is 4.12. The molecule has 2 rings (SSSR count). The Hall–Kier alpha value is -1.70. The van der Waals surface area contributed by atoms with Gasteiger partial charge in [-0.2, -0.15) is 0 Å². The van der Waals surface area contributed by atoms with Crippen LogP contribution < -0.4 is 0 Å². The summed E-state index contributed by atoms with van der Waals surface area (Å²) in [6, 6.07) is 12.5. The van der Waals surface area contributed by atoms with E-state index in [0.717, 1.165) is 25.3 Å². The van der Waals surface area contributed by atoms with Crippen molar-refractivity contribution >= 4 is 0 Å². The van der Waals surface area contributed by atoms with Crippen molar-refractivity contribution in [1.29, 1.82) is 0 Å². The number of hydrogen-bond donors (Lipinski definition) is 0. The maximum absolute atomic E-state index is 13.8. The third kappa shape index (κ3) is 4.94. The molecule has 0 aliphatic heterocycles. The van der Waals surface area contributed by atoms with Gasteiger partial charge in [-0.1, -0.05) is 49.7 Å². The Bertz CT molecular complexity index is 612. The Morgan fingerprint density at radius 1 is 0.955 bits per heavy atom. The molecular formula is C20H24F2. The van der Waals surface area contributed by atoms with Crippen LogP contribution in [0.2, 0.25) is 0 Å². The van der Waals surface area contributed by atoms with E-state index in [1.54, 1.807) is 6.07 Å². The van der Waals surface area contributed by atoms with Crippen molar-refractivity contribution in [3.05, 3.63) is 70.8 Å². The standard InChI is InChI=1S/C20H24F2/c1-15-6-8-16(9-7-15)5-4-12-20(2,3)14-17-10-11-18(21)13-19(17)22/h6-11,13H,4-5,12,14H2,1-3H3. The van der Waals surface area contributed by atoms with Crippen LogP contribution in [-0.4, -0.2) is 0 Å². The van der Waals surface area contributed by atoms with E-state index in [0.29, 0.717) is 12.0 Å². The maximum atomic E-state index is 13.8. The topological polar surface area (TPSA) is 0 Å². The summed E-state index contributed by atoms with van der Waals surface area (Å²) < 4.78 is 26.7. The fraction of sp³-hybridized carbons (Fsp3) is 0.400. The molecule has 0 saturated heterocycles. The van der Waals surface area contributed by atoms with E-state index in [1.165, 1.54) is 17.2 Å². The molecule has 0 heterocycles. The number of rotatable bonds is 6. The zero-order valence-corrected chi connectivity index (χ0v) is 13.6. The fourth-order valence-corrected chi connectivity index (χ4v) is 2.79. The van der Waals surface area contributed by atoms with Crippen molar-refractivity contribution in [1.82, 2.24) is 0 Å². The second kappa shape index (κ2) is 7.04. The fourth-order valence-electron chi connectivity index (χ4n) is 2.79. The molecule has 2 aromatic carbocycles. The second-order valence-corrected chi connectivity index (χ2v) is 6.92. The number of aryl methyl sites for hydroxylation is 2. The summed E-state index contributed by atoms with van der Waals surface area (Å²) in [6.07, 6.45) is 3.75. The lowest BCUT2D eigenvalue weighted by molar-refractivity contribution is 0.318. The van der Waals surface area contributed by atoms with Gasteiger partial charge in [0.05, 0.1) is 0 Å². The molecule has 0 aliphatic rings. The minimum atomic E-state index is -0.515. The molecule has 0 unspecified atom stereocenters. The van der Waals surface area contributed by atoms with Crippen LogP contribution in [0, 0.1) is 24.0 Å². The summed E-state index contributed by atoms with van der Waals surface area (Å²) in [7, 11) is 0. The van der Waals surface area contributed by atoms with Crippen LogP contribution in [0.3, 0.4) is 0 Å². The molecule has 0 spiro atoms. The molecule has 0 nitrogen and oxygen atoms in total. The first kappa shape index (κ1) is 16.7. The van der Waals surface area contributed by atoms with Gasteiger partial charge in [-0.05, 0) is 55.2 Å². The molecule has 0 saturated carbocycles. The lowest BCUT2D eigenvalue weighted by Gasteiger charge is -2.25. The van der Waals surface area contributed by atoms with Crippen LogP contribution in [0.25, 0.3) is 0 Å². The molecular weight excluding hydrogens is 278 g/mol. The minimum Gasteiger partial charge on any atom is -0.207 e. The maximum Gasteiger partial charge on any atom is 0.129 e. The summed E-state index contributed by atoms with van der Waals surface area (Å²) in [4.78, 5) is 0. The normalized spacial score (nSPS) is 11.7. The highest BCUT2D eigenvalue weighted by molar-refractivity contribution is 5.22. The number of hydrogen-bond acceptors (Lipinski definition) is 0. The van der Waals surface area contributed by atoms with E-state index >= 15 is 0 Å². The highest BCUT2D eigenvalue weighted by Gasteiger charge is 2.20. The SMILES string of the molecule is Cc1ccc(CCCC(C)(C)Cc2ccc(F)cc2F)cc1. The quantitative estimate of drug-likeness (QED) is 0.626. The zero-order chi connectivity index (χ0) is 16.2. The van der Waals surface area contributed by atoms with E-state index in [1.807, 2.05) is 0 Å². The van der Waals surface area contributed by atoms with Crippen LogP contribution in [0.15, 0.2) is 42.5 Å². The second-order valence-electron chi connectivity index (χ2n) is 6.92. The molecule has 0 aliphatic carbocycles. The Balaban J connectivity index is 1.89. The van der Waals surface area contributed by atoms with E-state index < -0.39 is 11.6 Å². The van der Waals surface area contributed by atoms with Crippen LogP contribution >= 0.6 is 0 Å². The van der Waals surface area contributed by atoms with E-state index in [4.69, 9.17) is 0 Å². The summed E-state index contributed by atoms with van der Waals surface area (Å²) in [5.41, 5.74) is 3.22. The molecule has 0 amide bonds. The lowest BCUT2D eigenvalue weighted by Crippen LogP contribution is -2.16. The lowest BCUT2D eigenvalue weighted by atomic mass is 9.80. The van der Waals surface area contributed by atoms with Crippen molar-refractivity contribution < 1.29 is 8.78 Å². The predicted molar refractivity (Wildman–Crippen MR) is 88.0 cm³/mol. The van der Waals surface area contributed by atoms with Crippen LogP contribution in [-0.2, 0) is 12.8 Å². The largest absolute Gasteiger partial charge is 0.207 e. The van der Waals surface area contributed by atoms with Gasteiger partial charge in [0.15, 0.2) is 0 Å². The molecule has 2 aromatic rings. The van der Waals surface area contributed by atoms with Crippen molar-refractivity contribution in [3.63, 3.8) is 0 Å². The van der Waals surface area contributed by atoms with Crippen molar-refractivity contribution in [3.8, 4) is 0 Å². The minimum absolute atomic E-state index is 0.00334. The van der Waals surface area contributed by atoms with Gasteiger partial charge >= 0.3 is 0 Å². The molecule has 0 atom stereocenters. The summed E-state index contributed by atoms with van der Waals surface area (Å²) in [6.45, 7) is 6.38. The Morgan fingerprint density at radius 2 is 1.64 bits per heavy atom. The van der Waals surface area contributed by atoms with Gasteiger partial charge in [-0.3, -0.25) is 0 Å². The van der Waals surface area contributed by atoms with Gasteiger partial charge in [0.1, 0.15) is 11.6 Å². The highest BCUT2D eigenvalue weighted by atomic mass is 19.1. The van der Waals surface area contributed by atoms with Gasteiger partial charge in [0.2, 0.25) is 0 Å². The highest BCUT2D eigenvalue weighted by Crippen LogP contribution is 2.29. The van der Waals surface area contributed by atoms with Crippen molar-refractivity contribution in [2.45, 2.75) is 46.5 Å². The van der Waals surface area contributed by atoms with E-state index in [9.17, 15) is 8.78 Å². The van der Waals surface area contributed by atoms with E-state index in [2.05, 4.69) is 45.0 Å². The van der Waals surface area contributed by atoms with Gasteiger partial charge in [-0.15, -0.1) is 0 Å². The van der Waals surface area contributed by atoms with Crippen molar-refractivity contribution in [2.75, 3.05) is 0 Å². The molecule has 2 heteroatoms. The van der Waals surface area contributed by atoms with Gasteiger partial charge in [0.25, 0.3) is 0 Å². The molecule has 22 heavy (non-hydrogen) atoms. The monoisotopic (exact) mass is 302 g/mol. The van der Waals surface area contributed by atoms with Gasteiger partial charge in [-0.25, -0.2) is 8.78 Å². The van der Waals surface area contributed by atoms with Gasteiger partial charge in [0, 0.05) is 6.07 Å². The van der Waals surface area contributed by atoms with Crippen LogP contribution in [0.1, 0.15) is 43.4 Å². The first-order valence-electron chi connectivity index (χ1n) is 7.85. The average molecular weight is 302 g/mol. The summed E-state index contributed by atoms with van der Waals surface area (Å²) >= 11 is 0. The Kier molecular flexibility index (Phi) is 5.33. The number of benzene rings is 2.